The van der Waals surface area contributed by atoms with Crippen LogP contribution in [0.2, 0.25) is 0 Å². The van der Waals surface area contributed by atoms with Gasteiger partial charge in [0, 0.05) is 23.1 Å². The van der Waals surface area contributed by atoms with Crippen LogP contribution in [0.15, 0.2) is 39.5 Å². The fourth-order valence-corrected chi connectivity index (χ4v) is 3.11. The van der Waals surface area contributed by atoms with E-state index in [4.69, 9.17) is 18.6 Å². The van der Waals surface area contributed by atoms with Crippen molar-refractivity contribution in [1.29, 1.82) is 0 Å². The number of carbonyl (C=O) groups is 1. The third-order valence-corrected chi connectivity index (χ3v) is 4.80. The molecule has 3 aromatic rings. The lowest BCUT2D eigenvalue weighted by atomic mass is 10.0. The van der Waals surface area contributed by atoms with Crippen molar-refractivity contribution in [3.63, 3.8) is 0 Å². The van der Waals surface area contributed by atoms with Gasteiger partial charge in [-0.2, -0.15) is 0 Å². The summed E-state index contributed by atoms with van der Waals surface area (Å²) in [5, 5.41) is 12.1. The lowest BCUT2D eigenvalue weighted by Gasteiger charge is -2.12. The minimum atomic E-state index is -0.930. The zero-order valence-electron chi connectivity index (χ0n) is 17.5. The van der Waals surface area contributed by atoms with Gasteiger partial charge in [0.15, 0.2) is 11.5 Å². The van der Waals surface area contributed by atoms with E-state index in [1.165, 1.54) is 19.2 Å². The zero-order valence-corrected chi connectivity index (χ0v) is 17.5. The van der Waals surface area contributed by atoms with Crippen molar-refractivity contribution < 1.29 is 28.3 Å². The first kappa shape index (κ1) is 21.8. The molecule has 0 aliphatic heterocycles. The van der Waals surface area contributed by atoms with Crippen molar-refractivity contribution in [2.75, 3.05) is 13.7 Å². The molecule has 2 aromatic carbocycles. The average molecular weight is 427 g/mol. The first-order chi connectivity index (χ1) is 14.7. The van der Waals surface area contributed by atoms with Gasteiger partial charge < -0.3 is 18.6 Å². The molecule has 0 aliphatic carbocycles. The number of aryl methyl sites for hydroxylation is 2. The van der Waals surface area contributed by atoms with Crippen molar-refractivity contribution in [3.05, 3.63) is 73.1 Å². The van der Waals surface area contributed by atoms with E-state index in [-0.39, 0.29) is 30.3 Å². The van der Waals surface area contributed by atoms with E-state index in [2.05, 4.69) is 0 Å². The smallest absolute Gasteiger partial charge is 0.345 e. The Bertz CT molecular complexity index is 1230. The predicted molar refractivity (Wildman–Crippen MR) is 112 cm³/mol. The molecule has 3 rings (SSSR count). The molecule has 0 unspecified atom stereocenters. The number of benzene rings is 2. The molecule has 0 saturated carbocycles. The number of carbonyl (C=O) groups excluding carboxylic acids is 1. The molecular weight excluding hydrogens is 406 g/mol. The molecule has 9 nitrogen and oxygen atoms in total. The topological polar surface area (TPSA) is 118 Å². The number of fused-ring (bicyclic) bond motifs is 1. The van der Waals surface area contributed by atoms with Crippen LogP contribution in [0, 0.1) is 24.0 Å². The summed E-state index contributed by atoms with van der Waals surface area (Å²) in [6.45, 7) is 5.53. The van der Waals surface area contributed by atoms with Gasteiger partial charge in [0.1, 0.15) is 17.8 Å². The molecule has 0 aliphatic rings. The highest BCUT2D eigenvalue weighted by atomic mass is 16.6. The molecule has 0 radical (unpaired) electrons. The maximum absolute atomic E-state index is 12.7. The fourth-order valence-electron chi connectivity index (χ4n) is 3.11. The van der Waals surface area contributed by atoms with Crippen LogP contribution in [0.4, 0.5) is 5.69 Å². The number of esters is 1. The van der Waals surface area contributed by atoms with Crippen LogP contribution in [0.1, 0.15) is 34.0 Å². The highest BCUT2D eigenvalue weighted by Gasteiger charge is 2.26. The summed E-state index contributed by atoms with van der Waals surface area (Å²) in [5.41, 5.74) is 1.38. The van der Waals surface area contributed by atoms with Crippen LogP contribution >= 0.6 is 0 Å². The van der Waals surface area contributed by atoms with Crippen molar-refractivity contribution >= 4 is 22.6 Å². The summed E-state index contributed by atoms with van der Waals surface area (Å²) < 4.78 is 21.1. The number of hydrogen-bond donors (Lipinski definition) is 0. The molecular formula is C22H21NO8. The van der Waals surface area contributed by atoms with Crippen LogP contribution < -0.4 is 15.1 Å². The number of methoxy groups -OCH3 is 1. The van der Waals surface area contributed by atoms with Gasteiger partial charge >= 0.3 is 11.6 Å². The Kier molecular flexibility index (Phi) is 6.24. The average Bonchev–Trinajstić information content (AvgIpc) is 2.72. The zero-order chi connectivity index (χ0) is 22.7. The number of nitro benzene ring substituents is 1. The summed E-state index contributed by atoms with van der Waals surface area (Å²) in [7, 11) is 1.34. The molecule has 0 fully saturated rings. The van der Waals surface area contributed by atoms with Gasteiger partial charge in [-0.25, -0.2) is 9.59 Å². The van der Waals surface area contributed by atoms with Gasteiger partial charge in [-0.15, -0.1) is 0 Å². The molecule has 0 bridgehead atoms. The third kappa shape index (κ3) is 4.50. The van der Waals surface area contributed by atoms with E-state index in [9.17, 15) is 19.7 Å². The quantitative estimate of drug-likeness (QED) is 0.239. The second-order valence-electron chi connectivity index (χ2n) is 6.81. The van der Waals surface area contributed by atoms with Crippen LogP contribution in [0.3, 0.4) is 0 Å². The standard InChI is InChI=1S/C22H21NO8/c1-5-29-20-9-16(17(23(26)27)10-19(20)28-4)22(25)30-11-14-8-21(24)31-18-7-13(3)12(2)6-15(14)18/h6-10H,5,11H2,1-4H3. The van der Waals surface area contributed by atoms with Crippen molar-refractivity contribution in [2.24, 2.45) is 0 Å². The summed E-state index contributed by atoms with van der Waals surface area (Å²) in [5.74, 6) is -0.623. The van der Waals surface area contributed by atoms with Crippen molar-refractivity contribution in [3.8, 4) is 11.5 Å². The van der Waals surface area contributed by atoms with E-state index >= 15 is 0 Å². The second-order valence-corrected chi connectivity index (χ2v) is 6.81. The molecule has 0 amide bonds. The van der Waals surface area contributed by atoms with Gasteiger partial charge in [-0.1, -0.05) is 0 Å². The maximum atomic E-state index is 12.7. The SMILES string of the molecule is CCOc1cc(C(=O)OCc2cc(=O)oc3cc(C)c(C)cc23)c([N+](=O)[O-])cc1OC. The summed E-state index contributed by atoms with van der Waals surface area (Å²) in [4.78, 5) is 35.4. The summed E-state index contributed by atoms with van der Waals surface area (Å²) in [6, 6.07) is 7.13. The van der Waals surface area contributed by atoms with Gasteiger partial charge in [0.2, 0.25) is 0 Å². The van der Waals surface area contributed by atoms with E-state index in [0.717, 1.165) is 17.2 Å². The number of hydrogen-bond acceptors (Lipinski definition) is 8. The molecule has 162 valence electrons. The number of nitro groups is 1. The van der Waals surface area contributed by atoms with Gasteiger partial charge in [-0.05, 0) is 44.0 Å². The number of rotatable bonds is 7. The lowest BCUT2D eigenvalue weighted by molar-refractivity contribution is -0.385. The summed E-state index contributed by atoms with van der Waals surface area (Å²) in [6.07, 6.45) is 0. The van der Waals surface area contributed by atoms with Gasteiger partial charge in [-0.3, -0.25) is 10.1 Å². The third-order valence-electron chi connectivity index (χ3n) is 4.80. The Balaban J connectivity index is 1.97. The predicted octanol–water partition coefficient (Wildman–Crippen LogP) is 4.08. The molecule has 0 saturated heterocycles. The second kappa shape index (κ2) is 8.86. The monoisotopic (exact) mass is 427 g/mol. The number of ether oxygens (including phenoxy) is 3. The Morgan fingerprint density at radius 1 is 1.10 bits per heavy atom. The molecule has 9 heteroatoms. The Morgan fingerprint density at radius 2 is 1.81 bits per heavy atom. The molecule has 1 heterocycles. The van der Waals surface area contributed by atoms with Crippen LogP contribution in [0.25, 0.3) is 11.0 Å². The van der Waals surface area contributed by atoms with E-state index in [1.807, 2.05) is 19.9 Å². The van der Waals surface area contributed by atoms with Crippen LogP contribution in [-0.2, 0) is 11.3 Å². The van der Waals surface area contributed by atoms with E-state index in [1.54, 1.807) is 13.0 Å². The Labute approximate surface area is 177 Å². The van der Waals surface area contributed by atoms with E-state index < -0.39 is 22.2 Å². The molecule has 0 N–H and O–H groups in total. The van der Waals surface area contributed by atoms with Crippen LogP contribution in [0.5, 0.6) is 11.5 Å². The molecule has 0 atom stereocenters. The molecule has 31 heavy (non-hydrogen) atoms. The first-order valence-corrected chi connectivity index (χ1v) is 9.45. The van der Waals surface area contributed by atoms with E-state index in [0.29, 0.717) is 16.5 Å². The lowest BCUT2D eigenvalue weighted by Crippen LogP contribution is -2.11. The maximum Gasteiger partial charge on any atom is 0.345 e. The highest BCUT2D eigenvalue weighted by Crippen LogP contribution is 2.35. The van der Waals surface area contributed by atoms with Crippen molar-refractivity contribution in [2.45, 2.75) is 27.4 Å². The van der Waals surface area contributed by atoms with Crippen molar-refractivity contribution in [1.82, 2.24) is 0 Å². The minimum absolute atomic E-state index is 0.127. The van der Waals surface area contributed by atoms with Gasteiger partial charge in [0.05, 0.1) is 24.7 Å². The summed E-state index contributed by atoms with van der Waals surface area (Å²) >= 11 is 0. The Hall–Kier alpha value is -3.88. The fraction of sp³-hybridized carbons (Fsp3) is 0.273. The minimum Gasteiger partial charge on any atom is -0.493 e. The number of nitrogens with zero attached hydrogens (tertiary/aromatic N) is 1. The normalized spacial score (nSPS) is 10.7. The molecule has 1 aromatic heterocycles. The largest absolute Gasteiger partial charge is 0.493 e. The van der Waals surface area contributed by atoms with Crippen LogP contribution in [-0.4, -0.2) is 24.6 Å². The first-order valence-electron chi connectivity index (χ1n) is 9.45. The Morgan fingerprint density at radius 3 is 2.45 bits per heavy atom. The molecule has 0 spiro atoms. The highest BCUT2D eigenvalue weighted by molar-refractivity contribution is 5.95. The van der Waals surface area contributed by atoms with Gasteiger partial charge in [0.25, 0.3) is 5.69 Å².